The molecule has 0 saturated carbocycles. The van der Waals surface area contributed by atoms with Crippen LogP contribution in [0.3, 0.4) is 0 Å². The molecule has 1 radical (unpaired) electrons. The van der Waals surface area contributed by atoms with Crippen LogP contribution in [-0.4, -0.2) is 14.6 Å². The number of rotatable bonds is 2. The molecule has 0 aliphatic carbocycles. The topological polar surface area (TPSA) is 26.3 Å². The van der Waals surface area contributed by atoms with Crippen LogP contribution in [0.25, 0.3) is 0 Å². The monoisotopic (exact) mass is 635 g/mol. The second-order valence-electron chi connectivity index (χ2n) is 0.600. The minimum atomic E-state index is -2.28. The van der Waals surface area contributed by atoms with Crippen molar-refractivity contribution in [2.45, 2.75) is 0 Å². The molecule has 0 fully saturated rings. The molecule has 0 saturated heterocycles. The molecule has 0 aliphatic rings. The van der Waals surface area contributed by atoms with E-state index in [1.807, 2.05) is 0 Å². The van der Waals surface area contributed by atoms with Gasteiger partial charge in [0.25, 0.3) is 0 Å². The number of halogens is 3. The van der Waals surface area contributed by atoms with Crippen LogP contribution in [0.15, 0.2) is 0 Å². The Bertz CT molecular complexity index is 67.8. The van der Waals surface area contributed by atoms with E-state index in [9.17, 15) is 4.79 Å². The van der Waals surface area contributed by atoms with E-state index in [2.05, 4.69) is 54.1 Å². The molecule has 0 aromatic rings. The van der Waals surface area contributed by atoms with E-state index in [4.69, 9.17) is 2.81 Å². The zero-order valence-electron chi connectivity index (χ0n) is 2.97. The summed E-state index contributed by atoms with van der Waals surface area (Å²) in [5, 5.41) is 0. The molecule has 0 aliphatic heterocycles. The van der Waals surface area contributed by atoms with Gasteiger partial charge in [0.05, 0.1) is 0 Å². The molecule has 0 unspecified atom stereocenters. The molecule has 0 heterocycles. The van der Waals surface area contributed by atoms with Gasteiger partial charge >= 0.3 is 76.3 Å². The van der Waals surface area contributed by atoms with Crippen molar-refractivity contribution < 1.29 is 7.61 Å². The molecule has 0 aromatic carbocycles. The van der Waals surface area contributed by atoms with Crippen molar-refractivity contribution in [3.8, 4) is 0 Å². The molecule has 0 atom stereocenters. The summed E-state index contributed by atoms with van der Waals surface area (Å²) in [7, 11) is -2.28. The molecule has 7 heavy (non-hydrogen) atoms. The molecule has 0 spiro atoms. The standard InChI is InChI=1S/CH2O2.Bi.3HI/c2-1-3;;;;/h1H,(H,2,3);;3*1H/q;+4;;;/p-4. The zero-order valence-corrected chi connectivity index (χ0v) is 12.9. The molecule has 2 nitrogen and oxygen atoms in total. The Labute approximate surface area is 74.2 Å². The summed E-state index contributed by atoms with van der Waals surface area (Å²) >= 11 is 6.64. The summed E-state index contributed by atoms with van der Waals surface area (Å²) in [6, 6.07) is 0. The molecule has 0 N–H and O–H groups in total. The second kappa shape index (κ2) is 4.37. The van der Waals surface area contributed by atoms with E-state index >= 15 is 0 Å². The summed E-state index contributed by atoms with van der Waals surface area (Å²) in [4.78, 5) is 9.64. The van der Waals surface area contributed by atoms with Gasteiger partial charge in [0.1, 0.15) is 0 Å². The SMILES string of the molecule is O=C[O][Bi]([I])([I])[I]. The van der Waals surface area contributed by atoms with Crippen molar-refractivity contribution in [2.24, 2.45) is 0 Å². The van der Waals surface area contributed by atoms with E-state index in [-0.39, 0.29) is 0 Å². The van der Waals surface area contributed by atoms with E-state index in [0.717, 1.165) is 0 Å². The van der Waals surface area contributed by atoms with Crippen molar-refractivity contribution in [1.29, 1.82) is 0 Å². The second-order valence-corrected chi connectivity index (χ2v) is 88.9. The van der Waals surface area contributed by atoms with Crippen molar-refractivity contribution in [3.05, 3.63) is 0 Å². The number of hydrogen-bond acceptors (Lipinski definition) is 2. The summed E-state index contributed by atoms with van der Waals surface area (Å²) < 4.78 is 4.72. The van der Waals surface area contributed by atoms with Crippen LogP contribution in [0, 0.1) is 0 Å². The van der Waals surface area contributed by atoms with Crippen molar-refractivity contribution >= 4 is 68.7 Å². The summed E-state index contributed by atoms with van der Waals surface area (Å²) in [6.07, 6.45) is 0. The van der Waals surface area contributed by atoms with E-state index in [1.165, 1.54) is 0 Å². The third-order valence-electron chi connectivity index (χ3n) is 0.163. The average molecular weight is 635 g/mol. The van der Waals surface area contributed by atoms with Crippen molar-refractivity contribution in [1.82, 2.24) is 0 Å². The van der Waals surface area contributed by atoms with Gasteiger partial charge in [-0.25, -0.2) is 0 Å². The Balaban J connectivity index is 3.34. The summed E-state index contributed by atoms with van der Waals surface area (Å²) in [5.74, 6) is 0. The van der Waals surface area contributed by atoms with Crippen LogP contribution in [0.2, 0.25) is 0 Å². The van der Waals surface area contributed by atoms with E-state index < -0.39 is 8.14 Å². The predicted molar refractivity (Wildman–Crippen MR) is 55.0 cm³/mol. The fourth-order valence-corrected chi connectivity index (χ4v) is 2.87. The Morgan fingerprint density at radius 1 is 1.43 bits per heavy atom. The maximum atomic E-state index is 9.64. The molecule has 0 rings (SSSR count). The normalized spacial score (nSPS) is 10.7. The number of carbonyl (C=O) groups excluding carboxylic acids is 1. The van der Waals surface area contributed by atoms with Gasteiger partial charge in [0.15, 0.2) is 0 Å². The number of hydrogen-bond donors (Lipinski definition) is 0. The summed E-state index contributed by atoms with van der Waals surface area (Å²) in [5.41, 5.74) is 0. The first-order chi connectivity index (χ1) is 3.06. The Kier molecular flexibility index (Phi) is 5.96. The third-order valence-corrected chi connectivity index (χ3v) is 7.41. The number of carbonyl (C=O) groups is 1. The van der Waals surface area contributed by atoms with Crippen LogP contribution in [0.4, 0.5) is 0 Å². The molecular weight excluding hydrogens is 634 g/mol. The fourth-order valence-electron chi connectivity index (χ4n) is 0.0488. The molecule has 0 aromatic heterocycles. The van der Waals surface area contributed by atoms with Gasteiger partial charge in [-0.15, -0.1) is 0 Å². The molecule has 43 valence electrons. The first-order valence-electron chi connectivity index (χ1n) is 1.16. The van der Waals surface area contributed by atoms with Gasteiger partial charge in [-0.1, -0.05) is 0 Å². The quantitative estimate of drug-likeness (QED) is 0.264. The van der Waals surface area contributed by atoms with E-state index in [0.29, 0.717) is 6.47 Å². The fraction of sp³-hybridized carbons (Fsp3) is 0. The van der Waals surface area contributed by atoms with Crippen LogP contribution in [-0.2, 0) is 7.61 Å². The van der Waals surface area contributed by atoms with Crippen LogP contribution >= 0.6 is 54.1 Å². The van der Waals surface area contributed by atoms with Crippen molar-refractivity contribution in [2.75, 3.05) is 0 Å². The van der Waals surface area contributed by atoms with Gasteiger partial charge < -0.3 is 0 Å². The average Bonchev–Trinajstić information content (AvgIpc) is 1.30. The third kappa shape index (κ3) is 8.54. The van der Waals surface area contributed by atoms with Crippen LogP contribution < -0.4 is 0 Å². The first-order valence-corrected chi connectivity index (χ1v) is 31.9. The Morgan fingerprint density at radius 3 is 1.86 bits per heavy atom. The van der Waals surface area contributed by atoms with Crippen LogP contribution in [0.1, 0.15) is 0 Å². The summed E-state index contributed by atoms with van der Waals surface area (Å²) in [6.45, 7) is 0.532. The van der Waals surface area contributed by atoms with Crippen molar-refractivity contribution in [3.63, 3.8) is 0 Å². The molecule has 0 amide bonds. The first kappa shape index (κ1) is 9.54. The van der Waals surface area contributed by atoms with E-state index in [1.54, 1.807) is 0 Å². The predicted octanol–water partition coefficient (Wildman–Crippen LogP) is 1.90. The Morgan fingerprint density at radius 2 is 1.86 bits per heavy atom. The van der Waals surface area contributed by atoms with Gasteiger partial charge in [-0.05, 0) is 0 Å². The van der Waals surface area contributed by atoms with Gasteiger partial charge in [-0.2, -0.15) is 0 Å². The Hall–Kier alpha value is 2.54. The van der Waals surface area contributed by atoms with Gasteiger partial charge in [0, 0.05) is 0 Å². The molecule has 6 heteroatoms. The molecular formula is CHBiI3O2. The maximum absolute atomic E-state index is 9.64. The van der Waals surface area contributed by atoms with Crippen LogP contribution in [0.5, 0.6) is 0 Å². The van der Waals surface area contributed by atoms with Gasteiger partial charge in [0.2, 0.25) is 0 Å². The molecule has 0 bridgehead atoms. The zero-order chi connectivity index (χ0) is 5.91. The van der Waals surface area contributed by atoms with Gasteiger partial charge in [-0.3, -0.25) is 0 Å². The minimum absolute atomic E-state index is 0.532.